The van der Waals surface area contributed by atoms with Crippen LogP contribution in [0.3, 0.4) is 0 Å². The van der Waals surface area contributed by atoms with E-state index >= 15 is 0 Å². The monoisotopic (exact) mass is 305 g/mol. The quantitative estimate of drug-likeness (QED) is 0.676. The Hall–Kier alpha value is 0.269. The van der Waals surface area contributed by atoms with Crippen LogP contribution in [0.2, 0.25) is 0 Å². The zero-order valence-corrected chi connectivity index (χ0v) is 12.4. The first-order chi connectivity index (χ1) is 6.66. The van der Waals surface area contributed by atoms with E-state index in [1.807, 2.05) is 0 Å². The molecule has 0 bridgehead atoms. The van der Waals surface area contributed by atoms with Gasteiger partial charge in [0.15, 0.2) is 0 Å². The summed E-state index contributed by atoms with van der Waals surface area (Å²) in [5.74, 6) is 0.0289. The molecule has 2 nitrogen and oxygen atoms in total. The molecule has 3 radical (unpaired) electrons. The number of rotatable bonds is 7. The van der Waals surface area contributed by atoms with Crippen molar-refractivity contribution in [3.05, 3.63) is 0 Å². The molecule has 0 N–H and O–H groups in total. The first-order valence-electron chi connectivity index (χ1n) is 5.54. The van der Waals surface area contributed by atoms with Crippen molar-refractivity contribution in [3.8, 4) is 0 Å². The first-order valence-corrected chi connectivity index (χ1v) is 6.71. The average molecular weight is 304 g/mol. The molecule has 0 aliphatic rings. The van der Waals surface area contributed by atoms with E-state index in [1.165, 1.54) is 0 Å². The van der Waals surface area contributed by atoms with Crippen molar-refractivity contribution in [2.24, 2.45) is 5.41 Å². The molecule has 0 aliphatic carbocycles. The van der Waals surface area contributed by atoms with Gasteiger partial charge in [0.05, 0.1) is 0 Å². The van der Waals surface area contributed by atoms with Crippen LogP contribution in [0, 0.1) is 5.41 Å². The average Bonchev–Trinajstić information content (AvgIpc) is 2.17. The van der Waals surface area contributed by atoms with Crippen molar-refractivity contribution in [2.45, 2.75) is 59.3 Å². The van der Waals surface area contributed by atoms with E-state index in [1.54, 1.807) is 0 Å². The third kappa shape index (κ3) is 3.79. The van der Waals surface area contributed by atoms with Crippen molar-refractivity contribution >= 4 is 28.9 Å². The van der Waals surface area contributed by atoms with Crippen molar-refractivity contribution in [3.63, 3.8) is 0 Å². The fraction of sp³-hybridized carbons (Fsp3) is 0.909. The van der Waals surface area contributed by atoms with Gasteiger partial charge in [-0.15, -0.1) is 0 Å². The van der Waals surface area contributed by atoms with Crippen LogP contribution in [-0.2, 0) is 7.87 Å². The number of carbonyl (C=O) groups is 1. The normalized spacial score (nSPS) is 11.4. The fourth-order valence-electron chi connectivity index (χ4n) is 2.23. The summed E-state index contributed by atoms with van der Waals surface area (Å²) >= 11 is 0.868. The third-order valence-corrected chi connectivity index (χ3v) is 3.24. The molecule has 0 amide bonds. The van der Waals surface area contributed by atoms with Gasteiger partial charge in [-0.05, 0) is 0 Å². The zero-order chi connectivity index (χ0) is 11.0. The maximum atomic E-state index is 11.8. The summed E-state index contributed by atoms with van der Waals surface area (Å²) in [5.41, 5.74) is -0.179. The van der Waals surface area contributed by atoms with E-state index in [4.69, 9.17) is 3.07 Å². The topological polar surface area (TPSA) is 26.3 Å². The Morgan fingerprint density at radius 1 is 1.07 bits per heavy atom. The molecule has 0 rings (SSSR count). The Morgan fingerprint density at radius 2 is 1.43 bits per heavy atom. The Bertz CT molecular complexity index is 152. The van der Waals surface area contributed by atoms with Crippen LogP contribution < -0.4 is 0 Å². The summed E-state index contributed by atoms with van der Waals surface area (Å²) < 4.78 is 5.02. The Morgan fingerprint density at radius 3 is 1.64 bits per heavy atom. The fourth-order valence-corrected chi connectivity index (χ4v) is 2.84. The summed E-state index contributed by atoms with van der Waals surface area (Å²) in [6.07, 6.45) is 6.10. The summed E-state index contributed by atoms with van der Waals surface area (Å²) in [6, 6.07) is 0. The van der Waals surface area contributed by atoms with Gasteiger partial charge < -0.3 is 0 Å². The van der Waals surface area contributed by atoms with E-state index < -0.39 is 0 Å². The van der Waals surface area contributed by atoms with Crippen LogP contribution >= 0.6 is 0 Å². The molecule has 0 unspecified atom stereocenters. The molecular formula is C11H21O2Sn. The molecule has 0 aromatic rings. The minimum atomic E-state index is -0.179. The summed E-state index contributed by atoms with van der Waals surface area (Å²) in [7, 11) is 0. The van der Waals surface area contributed by atoms with Gasteiger partial charge in [0.1, 0.15) is 0 Å². The van der Waals surface area contributed by atoms with E-state index in [0.717, 1.165) is 61.5 Å². The van der Waals surface area contributed by atoms with E-state index in [-0.39, 0.29) is 11.4 Å². The zero-order valence-electron chi connectivity index (χ0n) is 9.56. The van der Waals surface area contributed by atoms with Gasteiger partial charge in [-0.3, -0.25) is 0 Å². The van der Waals surface area contributed by atoms with Gasteiger partial charge in [-0.2, -0.15) is 0 Å². The predicted octanol–water partition coefficient (Wildman–Crippen LogP) is 3.00. The van der Waals surface area contributed by atoms with Crippen molar-refractivity contribution in [1.29, 1.82) is 0 Å². The van der Waals surface area contributed by atoms with E-state index in [9.17, 15) is 4.79 Å². The molecule has 81 valence electrons. The van der Waals surface area contributed by atoms with Gasteiger partial charge in [0.25, 0.3) is 0 Å². The molecule has 0 aromatic carbocycles. The van der Waals surface area contributed by atoms with E-state index in [0.29, 0.717) is 0 Å². The Labute approximate surface area is 101 Å². The van der Waals surface area contributed by atoms with Crippen molar-refractivity contribution in [1.82, 2.24) is 0 Å². The Kier molecular flexibility index (Phi) is 7.69. The SMILES string of the molecule is CCCC(CCC)(CCC)C(=O)[O][Sn]. The maximum absolute atomic E-state index is 11.8. The Balaban J connectivity index is 4.62. The molecule has 0 heterocycles. The molecule has 0 spiro atoms. The van der Waals surface area contributed by atoms with Gasteiger partial charge in [0.2, 0.25) is 0 Å². The van der Waals surface area contributed by atoms with Crippen LogP contribution in [0.25, 0.3) is 0 Å². The van der Waals surface area contributed by atoms with Crippen molar-refractivity contribution < 1.29 is 7.87 Å². The molecule has 0 aromatic heterocycles. The molecule has 14 heavy (non-hydrogen) atoms. The number of hydrogen-bond acceptors (Lipinski definition) is 2. The second-order valence-corrected chi connectivity index (χ2v) is 4.50. The standard InChI is InChI=1S/C11H22O2.Sn/c1-4-7-11(8-5-2,9-6-3)10(12)13;/h4-9H2,1-3H3,(H,12,13);/q;+1/p-1. The predicted molar refractivity (Wildman–Crippen MR) is 59.0 cm³/mol. The van der Waals surface area contributed by atoms with Crippen LogP contribution in [0.1, 0.15) is 59.3 Å². The van der Waals surface area contributed by atoms with Crippen molar-refractivity contribution in [2.75, 3.05) is 0 Å². The molecule has 0 fully saturated rings. The third-order valence-electron chi connectivity index (χ3n) is 2.71. The molecular weight excluding hydrogens is 283 g/mol. The molecule has 0 saturated carbocycles. The van der Waals surface area contributed by atoms with Gasteiger partial charge in [0, 0.05) is 0 Å². The summed E-state index contributed by atoms with van der Waals surface area (Å²) in [4.78, 5) is 11.8. The van der Waals surface area contributed by atoms with Gasteiger partial charge >= 0.3 is 101 Å². The van der Waals surface area contributed by atoms with Crippen LogP contribution in [-0.4, -0.2) is 28.9 Å². The van der Waals surface area contributed by atoms with Crippen LogP contribution in [0.15, 0.2) is 0 Å². The minimum absolute atomic E-state index is 0.0289. The number of carbonyl (C=O) groups excluding carboxylic acids is 1. The molecule has 0 aliphatic heterocycles. The molecule has 0 atom stereocenters. The summed E-state index contributed by atoms with van der Waals surface area (Å²) in [5, 5.41) is 0. The summed E-state index contributed by atoms with van der Waals surface area (Å²) in [6.45, 7) is 6.41. The second-order valence-electron chi connectivity index (χ2n) is 3.92. The van der Waals surface area contributed by atoms with E-state index in [2.05, 4.69) is 20.8 Å². The number of hydrogen-bond donors (Lipinski definition) is 0. The molecule has 0 saturated heterocycles. The van der Waals surface area contributed by atoms with Crippen LogP contribution in [0.5, 0.6) is 0 Å². The van der Waals surface area contributed by atoms with Crippen LogP contribution in [0.4, 0.5) is 0 Å². The second kappa shape index (κ2) is 7.55. The van der Waals surface area contributed by atoms with Gasteiger partial charge in [-0.25, -0.2) is 0 Å². The first kappa shape index (κ1) is 14.3. The van der Waals surface area contributed by atoms with Gasteiger partial charge in [-0.1, -0.05) is 0 Å². The molecule has 3 heteroatoms.